The first-order valence-corrected chi connectivity index (χ1v) is 9.95. The Labute approximate surface area is 170 Å². The van der Waals surface area contributed by atoms with Crippen LogP contribution in [0.5, 0.6) is 0 Å². The van der Waals surface area contributed by atoms with Crippen LogP contribution < -0.4 is 10.9 Å². The molecule has 1 amide bonds. The van der Waals surface area contributed by atoms with Crippen LogP contribution >= 0.6 is 11.3 Å². The highest BCUT2D eigenvalue weighted by Gasteiger charge is 2.20. The van der Waals surface area contributed by atoms with Crippen molar-refractivity contribution in [2.24, 2.45) is 0 Å². The molecule has 4 rings (SSSR count). The van der Waals surface area contributed by atoms with Gasteiger partial charge in [-0.05, 0) is 51.5 Å². The van der Waals surface area contributed by atoms with Gasteiger partial charge in [-0.1, -0.05) is 23.5 Å². The lowest BCUT2D eigenvalue weighted by molar-refractivity contribution is -0.119. The molecule has 0 fully saturated rings. The lowest BCUT2D eigenvalue weighted by atomic mass is 10.2. The largest absolute Gasteiger partial charge is 0.300 e. The third-order valence-electron chi connectivity index (χ3n) is 4.63. The van der Waals surface area contributed by atoms with Gasteiger partial charge in [0.25, 0.3) is 11.5 Å². The summed E-state index contributed by atoms with van der Waals surface area (Å²) >= 11 is 1.40. The Balaban J connectivity index is 1.62. The normalized spacial score (nSPS) is 12.3. The fraction of sp³-hybridized carbons (Fsp3) is 0.250. The number of aryl methyl sites for hydroxylation is 3. The van der Waals surface area contributed by atoms with Crippen molar-refractivity contribution >= 4 is 32.6 Å². The van der Waals surface area contributed by atoms with Gasteiger partial charge in [-0.2, -0.15) is 5.10 Å². The lowest BCUT2D eigenvalue weighted by Crippen LogP contribution is -2.33. The first-order chi connectivity index (χ1) is 13.8. The minimum atomic E-state index is -0.812. The minimum absolute atomic E-state index is 0.359. The summed E-state index contributed by atoms with van der Waals surface area (Å²) in [5.41, 5.74) is 3.28. The van der Waals surface area contributed by atoms with E-state index >= 15 is 0 Å². The van der Waals surface area contributed by atoms with Gasteiger partial charge in [0.1, 0.15) is 6.04 Å². The molecular weight excluding hydrogens is 388 g/mol. The minimum Gasteiger partial charge on any atom is -0.300 e. The first kappa shape index (κ1) is 19.0. The van der Waals surface area contributed by atoms with Crippen LogP contribution in [-0.2, 0) is 4.79 Å². The van der Waals surface area contributed by atoms with Gasteiger partial charge < -0.3 is 5.32 Å². The van der Waals surface area contributed by atoms with Crippen molar-refractivity contribution in [2.45, 2.75) is 33.7 Å². The summed E-state index contributed by atoms with van der Waals surface area (Å²) < 4.78 is 3.81. The van der Waals surface area contributed by atoms with Crippen LogP contribution in [0, 0.1) is 20.8 Å². The summed E-state index contributed by atoms with van der Waals surface area (Å²) in [7, 11) is 0. The standard InChI is InChI=1S/C20H20N6O2S/c1-11-6-5-7-15-18(11)21-20(29-15)22-19(28)14(4)26-17(27)9-8-16(24-26)25-13(3)10-12(2)23-25/h5-10,14H,1-4H3,(H,21,22,28). The molecule has 0 saturated heterocycles. The molecule has 1 N–H and O–H groups in total. The number of amides is 1. The number of fused-ring (bicyclic) bond motifs is 1. The molecular formula is C20H20N6O2S. The van der Waals surface area contributed by atoms with Gasteiger partial charge in [0, 0.05) is 11.8 Å². The molecule has 1 unspecified atom stereocenters. The highest BCUT2D eigenvalue weighted by molar-refractivity contribution is 7.22. The number of nitrogens with zero attached hydrogens (tertiary/aromatic N) is 5. The number of anilines is 1. The molecule has 3 aromatic heterocycles. The molecule has 29 heavy (non-hydrogen) atoms. The van der Waals surface area contributed by atoms with E-state index in [0.717, 1.165) is 27.2 Å². The highest BCUT2D eigenvalue weighted by atomic mass is 32.1. The number of benzene rings is 1. The molecule has 0 aliphatic rings. The van der Waals surface area contributed by atoms with E-state index in [9.17, 15) is 9.59 Å². The van der Waals surface area contributed by atoms with Gasteiger partial charge in [0.2, 0.25) is 0 Å². The topological polar surface area (TPSA) is 94.7 Å². The number of para-hydroxylation sites is 1. The van der Waals surface area contributed by atoms with E-state index < -0.39 is 6.04 Å². The number of carbonyl (C=O) groups is 1. The van der Waals surface area contributed by atoms with Crippen LogP contribution in [0.15, 0.2) is 41.2 Å². The lowest BCUT2D eigenvalue weighted by Gasteiger charge is -2.14. The number of rotatable bonds is 4. The van der Waals surface area contributed by atoms with Crippen LogP contribution in [-0.4, -0.2) is 30.5 Å². The van der Waals surface area contributed by atoms with Crippen molar-refractivity contribution in [2.75, 3.05) is 5.32 Å². The molecule has 3 heterocycles. The van der Waals surface area contributed by atoms with Gasteiger partial charge in [0.05, 0.1) is 15.9 Å². The number of nitrogens with one attached hydrogen (secondary N) is 1. The number of hydrogen-bond acceptors (Lipinski definition) is 6. The van der Waals surface area contributed by atoms with E-state index in [0.29, 0.717) is 10.9 Å². The molecule has 0 aliphatic carbocycles. The molecule has 0 aliphatic heterocycles. The van der Waals surface area contributed by atoms with E-state index in [1.165, 1.54) is 22.1 Å². The zero-order valence-corrected chi connectivity index (χ0v) is 17.3. The first-order valence-electron chi connectivity index (χ1n) is 9.14. The van der Waals surface area contributed by atoms with Crippen LogP contribution in [0.25, 0.3) is 16.0 Å². The molecule has 0 radical (unpaired) electrons. The van der Waals surface area contributed by atoms with Crippen LogP contribution in [0.2, 0.25) is 0 Å². The maximum atomic E-state index is 12.8. The van der Waals surface area contributed by atoms with Crippen molar-refractivity contribution in [1.29, 1.82) is 0 Å². The average Bonchev–Trinajstić information content (AvgIpc) is 3.24. The summed E-state index contributed by atoms with van der Waals surface area (Å²) in [4.78, 5) is 29.6. The van der Waals surface area contributed by atoms with E-state index in [-0.39, 0.29) is 11.5 Å². The Morgan fingerprint density at radius 3 is 2.62 bits per heavy atom. The summed E-state index contributed by atoms with van der Waals surface area (Å²) in [5, 5.41) is 12.0. The molecule has 8 nitrogen and oxygen atoms in total. The fourth-order valence-electron chi connectivity index (χ4n) is 3.13. The highest BCUT2D eigenvalue weighted by Crippen LogP contribution is 2.28. The van der Waals surface area contributed by atoms with Gasteiger partial charge in [0.15, 0.2) is 10.9 Å². The maximum absolute atomic E-state index is 12.8. The summed E-state index contributed by atoms with van der Waals surface area (Å²) in [6.07, 6.45) is 0. The van der Waals surface area contributed by atoms with E-state index in [4.69, 9.17) is 0 Å². The Hall–Kier alpha value is -3.33. The van der Waals surface area contributed by atoms with E-state index in [1.807, 2.05) is 45.0 Å². The molecule has 4 aromatic rings. The SMILES string of the molecule is Cc1cc(C)n(-c2ccc(=O)n(C(C)C(=O)Nc3nc4c(C)cccc4s3)n2)n1. The quantitative estimate of drug-likeness (QED) is 0.560. The van der Waals surface area contributed by atoms with Crippen LogP contribution in [0.4, 0.5) is 5.13 Å². The monoisotopic (exact) mass is 408 g/mol. The molecule has 0 spiro atoms. The average molecular weight is 408 g/mol. The predicted octanol–water partition coefficient (Wildman–Crippen LogP) is 3.16. The van der Waals surface area contributed by atoms with Crippen molar-refractivity contribution in [3.05, 3.63) is 63.7 Å². The van der Waals surface area contributed by atoms with Crippen LogP contribution in [0.1, 0.15) is 29.9 Å². The van der Waals surface area contributed by atoms with Crippen molar-refractivity contribution in [1.82, 2.24) is 24.5 Å². The zero-order chi connectivity index (χ0) is 20.7. The molecule has 9 heteroatoms. The van der Waals surface area contributed by atoms with Gasteiger partial charge >= 0.3 is 0 Å². The Bertz CT molecular complexity index is 1290. The second kappa shape index (κ2) is 7.25. The molecule has 1 atom stereocenters. The van der Waals surface area contributed by atoms with E-state index in [1.54, 1.807) is 17.7 Å². The smallest absolute Gasteiger partial charge is 0.267 e. The third kappa shape index (κ3) is 3.56. The molecule has 1 aromatic carbocycles. The molecule has 0 saturated carbocycles. The predicted molar refractivity (Wildman–Crippen MR) is 113 cm³/mol. The van der Waals surface area contributed by atoms with Crippen molar-refractivity contribution in [3.63, 3.8) is 0 Å². The summed E-state index contributed by atoms with van der Waals surface area (Å²) in [6.45, 7) is 7.40. The third-order valence-corrected chi connectivity index (χ3v) is 5.57. The number of hydrogen-bond donors (Lipinski definition) is 1. The Morgan fingerprint density at radius 2 is 1.93 bits per heavy atom. The van der Waals surface area contributed by atoms with Gasteiger partial charge in [-0.25, -0.2) is 14.3 Å². The fourth-order valence-corrected chi connectivity index (χ4v) is 4.07. The molecule has 148 valence electrons. The van der Waals surface area contributed by atoms with Gasteiger partial charge in [-0.15, -0.1) is 5.10 Å². The second-order valence-electron chi connectivity index (χ2n) is 6.92. The van der Waals surface area contributed by atoms with Crippen LogP contribution in [0.3, 0.4) is 0 Å². The number of carbonyl (C=O) groups excluding carboxylic acids is 1. The Kier molecular flexibility index (Phi) is 4.75. The zero-order valence-electron chi connectivity index (χ0n) is 16.5. The van der Waals surface area contributed by atoms with Crippen molar-refractivity contribution < 1.29 is 4.79 Å². The van der Waals surface area contributed by atoms with Crippen molar-refractivity contribution in [3.8, 4) is 5.82 Å². The summed E-state index contributed by atoms with van der Waals surface area (Å²) in [6, 6.07) is 9.99. The second-order valence-corrected chi connectivity index (χ2v) is 7.95. The van der Waals surface area contributed by atoms with E-state index in [2.05, 4.69) is 20.5 Å². The number of aromatic nitrogens is 5. The number of thiazole rings is 1. The maximum Gasteiger partial charge on any atom is 0.267 e. The summed E-state index contributed by atoms with van der Waals surface area (Å²) in [5.74, 6) is 0.118. The Morgan fingerprint density at radius 1 is 1.14 bits per heavy atom. The van der Waals surface area contributed by atoms with Gasteiger partial charge in [-0.3, -0.25) is 9.59 Å². The molecule has 0 bridgehead atoms.